The van der Waals surface area contributed by atoms with Crippen molar-refractivity contribution in [2.24, 2.45) is 17.3 Å². The van der Waals surface area contributed by atoms with Crippen LogP contribution in [0, 0.1) is 17.3 Å². The molecule has 1 heterocycles. The fourth-order valence-electron chi connectivity index (χ4n) is 2.44. The van der Waals surface area contributed by atoms with E-state index >= 15 is 0 Å². The average Bonchev–Trinajstić information content (AvgIpc) is 2.36. The van der Waals surface area contributed by atoms with E-state index in [4.69, 9.17) is 9.47 Å². The van der Waals surface area contributed by atoms with Crippen molar-refractivity contribution >= 4 is 0 Å². The molecule has 0 N–H and O–H groups in total. The van der Waals surface area contributed by atoms with E-state index < -0.39 is 0 Å². The van der Waals surface area contributed by atoms with Gasteiger partial charge in [0.1, 0.15) is 0 Å². The highest BCUT2D eigenvalue weighted by Gasteiger charge is 2.47. The third kappa shape index (κ3) is 1.82. The van der Waals surface area contributed by atoms with Gasteiger partial charge in [0.15, 0.2) is 5.79 Å². The maximum atomic E-state index is 5.96. The summed E-state index contributed by atoms with van der Waals surface area (Å²) in [5.74, 6) is 1.24. The quantitative estimate of drug-likeness (QED) is 0.596. The molecule has 0 amide bonds. The van der Waals surface area contributed by atoms with E-state index in [1.54, 1.807) is 0 Å². The van der Waals surface area contributed by atoms with E-state index in [0.717, 1.165) is 37.9 Å². The number of hydrogen-bond acceptors (Lipinski definition) is 2. The van der Waals surface area contributed by atoms with Gasteiger partial charge in [-0.25, -0.2) is 0 Å². The summed E-state index contributed by atoms with van der Waals surface area (Å²) >= 11 is 0. The van der Waals surface area contributed by atoms with E-state index in [1.807, 2.05) is 0 Å². The summed E-state index contributed by atoms with van der Waals surface area (Å²) in [5, 5.41) is 0. The molecule has 2 aliphatic rings. The lowest BCUT2D eigenvalue weighted by Crippen LogP contribution is -2.46. The van der Waals surface area contributed by atoms with Gasteiger partial charge in [-0.3, -0.25) is 0 Å². The zero-order chi connectivity index (χ0) is 10.4. The number of ether oxygens (including phenoxy) is 2. The molecule has 2 fully saturated rings. The molecular formula is C12H22O2. The molecule has 2 rings (SSSR count). The molecule has 0 aromatic heterocycles. The van der Waals surface area contributed by atoms with Crippen molar-refractivity contribution in [3.63, 3.8) is 0 Å². The smallest absolute Gasteiger partial charge is 0.168 e. The Morgan fingerprint density at radius 2 is 1.36 bits per heavy atom. The van der Waals surface area contributed by atoms with Gasteiger partial charge in [-0.2, -0.15) is 0 Å². The lowest BCUT2D eigenvalue weighted by atomic mass is 9.94. The second kappa shape index (κ2) is 3.21. The van der Waals surface area contributed by atoms with Gasteiger partial charge in [-0.05, 0) is 11.8 Å². The van der Waals surface area contributed by atoms with Crippen molar-refractivity contribution in [1.29, 1.82) is 0 Å². The molecule has 0 aromatic rings. The lowest BCUT2D eigenvalue weighted by Gasteiger charge is -2.41. The van der Waals surface area contributed by atoms with E-state index in [1.165, 1.54) is 0 Å². The summed E-state index contributed by atoms with van der Waals surface area (Å²) in [7, 11) is 0. The van der Waals surface area contributed by atoms with Crippen LogP contribution in [0.3, 0.4) is 0 Å². The van der Waals surface area contributed by atoms with Gasteiger partial charge in [0.25, 0.3) is 0 Å². The third-order valence-corrected chi connectivity index (χ3v) is 3.69. The van der Waals surface area contributed by atoms with Crippen LogP contribution in [0.2, 0.25) is 0 Å². The predicted molar refractivity (Wildman–Crippen MR) is 56.0 cm³/mol. The highest BCUT2D eigenvalue weighted by molar-refractivity contribution is 4.90. The maximum Gasteiger partial charge on any atom is 0.168 e. The van der Waals surface area contributed by atoms with Crippen molar-refractivity contribution in [1.82, 2.24) is 0 Å². The van der Waals surface area contributed by atoms with Crippen LogP contribution >= 0.6 is 0 Å². The molecular weight excluding hydrogens is 176 g/mol. The van der Waals surface area contributed by atoms with Gasteiger partial charge >= 0.3 is 0 Å². The van der Waals surface area contributed by atoms with Crippen LogP contribution in [0.15, 0.2) is 0 Å². The first-order valence-electron chi connectivity index (χ1n) is 5.70. The van der Waals surface area contributed by atoms with Crippen molar-refractivity contribution in [2.75, 3.05) is 13.2 Å². The third-order valence-electron chi connectivity index (χ3n) is 3.69. The molecule has 1 saturated heterocycles. The summed E-state index contributed by atoms with van der Waals surface area (Å²) < 4.78 is 11.9. The molecule has 1 aliphatic heterocycles. The Morgan fingerprint density at radius 3 is 1.79 bits per heavy atom. The van der Waals surface area contributed by atoms with Crippen LogP contribution in [0.1, 0.15) is 40.5 Å². The Bertz CT molecular complexity index is 200. The van der Waals surface area contributed by atoms with Crippen molar-refractivity contribution in [2.45, 2.75) is 46.3 Å². The fourth-order valence-corrected chi connectivity index (χ4v) is 2.44. The van der Waals surface area contributed by atoms with E-state index in [-0.39, 0.29) is 11.2 Å². The van der Waals surface area contributed by atoms with Gasteiger partial charge in [0.2, 0.25) is 0 Å². The van der Waals surface area contributed by atoms with E-state index in [9.17, 15) is 0 Å². The molecule has 82 valence electrons. The van der Waals surface area contributed by atoms with Crippen LogP contribution in [-0.2, 0) is 9.47 Å². The maximum absolute atomic E-state index is 5.96. The monoisotopic (exact) mass is 198 g/mol. The normalized spacial score (nSPS) is 40.3. The Balaban J connectivity index is 2.01. The Hall–Kier alpha value is -0.0800. The van der Waals surface area contributed by atoms with Crippen molar-refractivity contribution in [3.05, 3.63) is 0 Å². The predicted octanol–water partition coefficient (Wildman–Crippen LogP) is 2.82. The summed E-state index contributed by atoms with van der Waals surface area (Å²) in [6.45, 7) is 10.7. The molecule has 1 aliphatic carbocycles. The molecule has 0 radical (unpaired) electrons. The summed E-state index contributed by atoms with van der Waals surface area (Å²) in [4.78, 5) is 0. The van der Waals surface area contributed by atoms with Gasteiger partial charge in [-0.15, -0.1) is 0 Å². The standard InChI is InChI=1S/C12H22O2/c1-9-5-12(6-10(9)2)13-7-11(3,4)8-14-12/h9-10H,5-8H2,1-4H3/t9-,10-/m1/s1. The van der Waals surface area contributed by atoms with E-state index in [0.29, 0.717) is 0 Å². The summed E-state index contributed by atoms with van der Waals surface area (Å²) in [6, 6.07) is 0. The van der Waals surface area contributed by atoms with Crippen molar-refractivity contribution < 1.29 is 9.47 Å². The SMILES string of the molecule is C[C@@H]1CC2(C[C@H]1C)OCC(C)(C)CO2. The summed E-state index contributed by atoms with van der Waals surface area (Å²) in [5.41, 5.74) is 0.195. The van der Waals surface area contributed by atoms with Crippen LogP contribution in [-0.4, -0.2) is 19.0 Å². The van der Waals surface area contributed by atoms with Gasteiger partial charge in [0.05, 0.1) is 13.2 Å². The van der Waals surface area contributed by atoms with Gasteiger partial charge in [-0.1, -0.05) is 27.7 Å². The van der Waals surface area contributed by atoms with Crippen LogP contribution in [0.25, 0.3) is 0 Å². The highest BCUT2D eigenvalue weighted by Crippen LogP contribution is 2.45. The first-order chi connectivity index (χ1) is 6.43. The second-order valence-electron chi connectivity index (χ2n) is 6.02. The fraction of sp³-hybridized carbons (Fsp3) is 1.00. The van der Waals surface area contributed by atoms with Crippen LogP contribution < -0.4 is 0 Å². The number of rotatable bonds is 0. The minimum absolute atomic E-state index is 0.195. The molecule has 2 heteroatoms. The second-order valence-corrected chi connectivity index (χ2v) is 6.02. The Labute approximate surface area is 87.0 Å². The largest absolute Gasteiger partial charge is 0.349 e. The molecule has 2 nitrogen and oxygen atoms in total. The van der Waals surface area contributed by atoms with Gasteiger partial charge in [0, 0.05) is 18.3 Å². The van der Waals surface area contributed by atoms with E-state index in [2.05, 4.69) is 27.7 Å². The Morgan fingerprint density at radius 1 is 0.929 bits per heavy atom. The highest BCUT2D eigenvalue weighted by atomic mass is 16.7. The minimum Gasteiger partial charge on any atom is -0.349 e. The van der Waals surface area contributed by atoms with Crippen LogP contribution in [0.5, 0.6) is 0 Å². The van der Waals surface area contributed by atoms with Gasteiger partial charge < -0.3 is 9.47 Å². The lowest BCUT2D eigenvalue weighted by molar-refractivity contribution is -0.296. The first kappa shape index (κ1) is 10.4. The van der Waals surface area contributed by atoms with Crippen molar-refractivity contribution in [3.8, 4) is 0 Å². The zero-order valence-electron chi connectivity index (χ0n) is 9.80. The molecule has 14 heavy (non-hydrogen) atoms. The molecule has 0 unspecified atom stereocenters. The molecule has 0 aromatic carbocycles. The zero-order valence-corrected chi connectivity index (χ0v) is 9.80. The number of hydrogen-bond donors (Lipinski definition) is 0. The molecule has 1 spiro atoms. The average molecular weight is 198 g/mol. The molecule has 1 saturated carbocycles. The first-order valence-corrected chi connectivity index (χ1v) is 5.70. The summed E-state index contributed by atoms with van der Waals surface area (Å²) in [6.07, 6.45) is 2.15. The minimum atomic E-state index is -0.228. The Kier molecular flexibility index (Phi) is 2.39. The molecule has 2 atom stereocenters. The topological polar surface area (TPSA) is 18.5 Å². The molecule has 0 bridgehead atoms. The van der Waals surface area contributed by atoms with Crippen LogP contribution in [0.4, 0.5) is 0 Å².